The molecule has 0 rings (SSSR count). The standard InChI is InChI=1S/C16H34N2O/c1-13(2)9-11-18(12-10-14(3)4)16(19)8-6-7-15(5)17/h13-15H,6-12,17H2,1-5H3. The van der Waals surface area contributed by atoms with E-state index in [9.17, 15) is 4.79 Å². The largest absolute Gasteiger partial charge is 0.343 e. The molecule has 1 amide bonds. The fourth-order valence-corrected chi connectivity index (χ4v) is 1.92. The maximum atomic E-state index is 12.2. The lowest BCUT2D eigenvalue weighted by Crippen LogP contribution is -2.34. The zero-order valence-corrected chi connectivity index (χ0v) is 13.6. The third-order valence-electron chi connectivity index (χ3n) is 3.36. The van der Waals surface area contributed by atoms with Gasteiger partial charge in [0.05, 0.1) is 0 Å². The van der Waals surface area contributed by atoms with E-state index in [0.717, 1.165) is 38.8 Å². The van der Waals surface area contributed by atoms with Crippen LogP contribution in [0.15, 0.2) is 0 Å². The SMILES string of the molecule is CC(C)CCN(CCC(C)C)C(=O)CCCC(C)N. The van der Waals surface area contributed by atoms with Crippen LogP contribution in [0.4, 0.5) is 0 Å². The molecule has 3 nitrogen and oxygen atoms in total. The number of rotatable bonds is 10. The summed E-state index contributed by atoms with van der Waals surface area (Å²) in [6.07, 6.45) is 4.69. The average molecular weight is 270 g/mol. The number of carbonyl (C=O) groups is 1. The van der Waals surface area contributed by atoms with Crippen LogP contribution in [0.3, 0.4) is 0 Å². The molecule has 19 heavy (non-hydrogen) atoms. The van der Waals surface area contributed by atoms with E-state index in [2.05, 4.69) is 32.6 Å². The van der Waals surface area contributed by atoms with Crippen molar-refractivity contribution in [3.05, 3.63) is 0 Å². The highest BCUT2D eigenvalue weighted by atomic mass is 16.2. The Morgan fingerprint density at radius 2 is 1.42 bits per heavy atom. The van der Waals surface area contributed by atoms with Crippen LogP contribution in [0.2, 0.25) is 0 Å². The van der Waals surface area contributed by atoms with Crippen LogP contribution in [0.25, 0.3) is 0 Å². The lowest BCUT2D eigenvalue weighted by molar-refractivity contribution is -0.131. The van der Waals surface area contributed by atoms with E-state index in [1.54, 1.807) is 0 Å². The van der Waals surface area contributed by atoms with Crippen LogP contribution < -0.4 is 5.73 Å². The molecule has 0 radical (unpaired) electrons. The predicted octanol–water partition coefficient (Wildman–Crippen LogP) is 3.42. The first-order chi connectivity index (χ1) is 8.82. The van der Waals surface area contributed by atoms with Crippen LogP contribution in [-0.4, -0.2) is 29.9 Å². The topological polar surface area (TPSA) is 46.3 Å². The lowest BCUT2D eigenvalue weighted by atomic mass is 10.1. The van der Waals surface area contributed by atoms with Gasteiger partial charge in [-0.3, -0.25) is 4.79 Å². The molecule has 0 aromatic heterocycles. The van der Waals surface area contributed by atoms with Crippen molar-refractivity contribution < 1.29 is 4.79 Å². The fourth-order valence-electron chi connectivity index (χ4n) is 1.92. The quantitative estimate of drug-likeness (QED) is 0.661. The van der Waals surface area contributed by atoms with Crippen molar-refractivity contribution in [1.29, 1.82) is 0 Å². The Bertz CT molecular complexity index is 225. The van der Waals surface area contributed by atoms with Gasteiger partial charge in [-0.15, -0.1) is 0 Å². The van der Waals surface area contributed by atoms with Gasteiger partial charge in [-0.05, 0) is 44.4 Å². The minimum atomic E-state index is 0.201. The first-order valence-corrected chi connectivity index (χ1v) is 7.86. The minimum absolute atomic E-state index is 0.201. The molecule has 0 fully saturated rings. The first-order valence-electron chi connectivity index (χ1n) is 7.86. The second-order valence-corrected chi connectivity index (χ2v) is 6.62. The molecule has 0 aromatic rings. The van der Waals surface area contributed by atoms with E-state index in [4.69, 9.17) is 5.73 Å². The zero-order chi connectivity index (χ0) is 14.8. The highest BCUT2D eigenvalue weighted by molar-refractivity contribution is 5.76. The van der Waals surface area contributed by atoms with Gasteiger partial charge in [0.2, 0.25) is 5.91 Å². The van der Waals surface area contributed by atoms with E-state index in [1.807, 2.05) is 6.92 Å². The normalized spacial score (nSPS) is 13.1. The monoisotopic (exact) mass is 270 g/mol. The number of hydrogen-bond acceptors (Lipinski definition) is 2. The Kier molecular flexibility index (Phi) is 9.94. The summed E-state index contributed by atoms with van der Waals surface area (Å²) in [6.45, 7) is 12.6. The molecule has 1 unspecified atom stereocenters. The Morgan fingerprint density at radius 1 is 0.947 bits per heavy atom. The van der Waals surface area contributed by atoms with Crippen molar-refractivity contribution in [2.45, 2.75) is 72.8 Å². The fraction of sp³-hybridized carbons (Fsp3) is 0.938. The molecule has 0 saturated carbocycles. The third kappa shape index (κ3) is 11.0. The summed E-state index contributed by atoms with van der Waals surface area (Å²) in [7, 11) is 0. The zero-order valence-electron chi connectivity index (χ0n) is 13.6. The van der Waals surface area contributed by atoms with Gasteiger partial charge in [-0.2, -0.15) is 0 Å². The molecule has 0 aliphatic heterocycles. The second kappa shape index (κ2) is 10.2. The molecule has 0 aromatic carbocycles. The van der Waals surface area contributed by atoms with Crippen LogP contribution in [0.5, 0.6) is 0 Å². The molecular weight excluding hydrogens is 236 g/mol. The molecule has 3 heteroatoms. The molecular formula is C16H34N2O. The van der Waals surface area contributed by atoms with E-state index in [-0.39, 0.29) is 6.04 Å². The summed E-state index contributed by atoms with van der Waals surface area (Å²) in [5, 5.41) is 0. The van der Waals surface area contributed by atoms with Crippen molar-refractivity contribution in [3.63, 3.8) is 0 Å². The van der Waals surface area contributed by atoms with Crippen molar-refractivity contribution >= 4 is 5.91 Å². The van der Waals surface area contributed by atoms with Gasteiger partial charge in [0, 0.05) is 25.6 Å². The summed E-state index contributed by atoms with van der Waals surface area (Å²) in [5.74, 6) is 1.61. The number of nitrogens with two attached hydrogens (primary N) is 1. The first kappa shape index (κ1) is 18.4. The van der Waals surface area contributed by atoms with Crippen molar-refractivity contribution in [3.8, 4) is 0 Å². The van der Waals surface area contributed by atoms with Crippen LogP contribution in [-0.2, 0) is 4.79 Å². The van der Waals surface area contributed by atoms with Gasteiger partial charge >= 0.3 is 0 Å². The van der Waals surface area contributed by atoms with Gasteiger partial charge in [-0.25, -0.2) is 0 Å². The second-order valence-electron chi connectivity index (χ2n) is 6.62. The molecule has 2 N–H and O–H groups in total. The summed E-state index contributed by atoms with van der Waals surface area (Å²) in [5.41, 5.74) is 5.73. The molecule has 114 valence electrons. The Morgan fingerprint density at radius 3 is 1.79 bits per heavy atom. The Hall–Kier alpha value is -0.570. The Labute approximate surface area is 119 Å². The number of amides is 1. The van der Waals surface area contributed by atoms with Gasteiger partial charge in [0.1, 0.15) is 0 Å². The third-order valence-corrected chi connectivity index (χ3v) is 3.36. The average Bonchev–Trinajstić information content (AvgIpc) is 2.27. The van der Waals surface area contributed by atoms with E-state index in [0.29, 0.717) is 24.2 Å². The smallest absolute Gasteiger partial charge is 0.222 e. The minimum Gasteiger partial charge on any atom is -0.343 e. The van der Waals surface area contributed by atoms with Crippen LogP contribution >= 0.6 is 0 Å². The molecule has 0 aliphatic carbocycles. The Balaban J connectivity index is 4.16. The van der Waals surface area contributed by atoms with Gasteiger partial charge < -0.3 is 10.6 Å². The van der Waals surface area contributed by atoms with Crippen molar-refractivity contribution in [1.82, 2.24) is 4.90 Å². The van der Waals surface area contributed by atoms with E-state index >= 15 is 0 Å². The van der Waals surface area contributed by atoms with Crippen LogP contribution in [0, 0.1) is 11.8 Å². The molecule has 0 heterocycles. The molecule has 0 saturated heterocycles. The summed E-state index contributed by atoms with van der Waals surface area (Å²) in [6, 6.07) is 0.201. The highest BCUT2D eigenvalue weighted by Gasteiger charge is 2.14. The van der Waals surface area contributed by atoms with Gasteiger partial charge in [0.15, 0.2) is 0 Å². The molecule has 0 aliphatic rings. The lowest BCUT2D eigenvalue weighted by Gasteiger charge is -2.24. The summed E-state index contributed by atoms with van der Waals surface area (Å²) in [4.78, 5) is 14.3. The van der Waals surface area contributed by atoms with E-state index < -0.39 is 0 Å². The van der Waals surface area contributed by atoms with Gasteiger partial charge in [-0.1, -0.05) is 27.7 Å². The van der Waals surface area contributed by atoms with Crippen LogP contribution in [0.1, 0.15) is 66.7 Å². The van der Waals surface area contributed by atoms with Gasteiger partial charge in [0.25, 0.3) is 0 Å². The maximum absolute atomic E-state index is 12.2. The summed E-state index contributed by atoms with van der Waals surface area (Å²) < 4.78 is 0. The highest BCUT2D eigenvalue weighted by Crippen LogP contribution is 2.10. The number of hydrogen-bond donors (Lipinski definition) is 1. The summed E-state index contributed by atoms with van der Waals surface area (Å²) >= 11 is 0. The predicted molar refractivity (Wildman–Crippen MR) is 83.0 cm³/mol. The van der Waals surface area contributed by atoms with E-state index in [1.165, 1.54) is 0 Å². The van der Waals surface area contributed by atoms with Crippen molar-refractivity contribution in [2.75, 3.05) is 13.1 Å². The number of carbonyl (C=O) groups excluding carboxylic acids is 1. The van der Waals surface area contributed by atoms with Crippen molar-refractivity contribution in [2.24, 2.45) is 17.6 Å². The maximum Gasteiger partial charge on any atom is 0.222 e. The molecule has 0 spiro atoms. The molecule has 1 atom stereocenters. The molecule has 0 bridgehead atoms. The number of nitrogens with zero attached hydrogens (tertiary/aromatic N) is 1.